The van der Waals surface area contributed by atoms with Crippen LogP contribution >= 0.6 is 0 Å². The lowest BCUT2D eigenvalue weighted by Gasteiger charge is -2.16. The normalized spacial score (nSPS) is 14.2. The fourth-order valence-corrected chi connectivity index (χ4v) is 1.77. The number of benzene rings is 1. The van der Waals surface area contributed by atoms with Crippen LogP contribution in [-0.4, -0.2) is 23.6 Å². The first-order chi connectivity index (χ1) is 8.90. The first-order valence-electron chi connectivity index (χ1n) is 6.37. The second kappa shape index (κ2) is 7.21. The van der Waals surface area contributed by atoms with Crippen molar-refractivity contribution in [2.45, 2.75) is 32.4 Å². The largest absolute Gasteiger partial charge is 0.387 e. The number of halogens is 1. The Morgan fingerprint density at radius 2 is 2.16 bits per heavy atom. The summed E-state index contributed by atoms with van der Waals surface area (Å²) < 4.78 is 13.0. The summed E-state index contributed by atoms with van der Waals surface area (Å²) in [6, 6.07) is 5.08. The summed E-state index contributed by atoms with van der Waals surface area (Å²) in [4.78, 5) is 11.7. The molecule has 1 amide bonds. The number of nitrogens with one attached hydrogen (secondary N) is 1. The summed E-state index contributed by atoms with van der Waals surface area (Å²) >= 11 is 0. The Balaban J connectivity index is 2.46. The number of hydrogen-bond acceptors (Lipinski definition) is 3. The summed E-state index contributed by atoms with van der Waals surface area (Å²) in [5.41, 5.74) is 6.14. The minimum absolute atomic E-state index is 0.0219. The lowest BCUT2D eigenvalue weighted by Crippen LogP contribution is -2.42. The molecule has 2 atom stereocenters. The molecule has 4 nitrogen and oxygen atoms in total. The lowest BCUT2D eigenvalue weighted by atomic mass is 10.0. The first kappa shape index (κ1) is 15.6. The molecular formula is C14H21FN2O2. The van der Waals surface area contributed by atoms with Crippen LogP contribution in [0.5, 0.6) is 0 Å². The van der Waals surface area contributed by atoms with Gasteiger partial charge in [0.25, 0.3) is 0 Å². The molecule has 0 heterocycles. The monoisotopic (exact) mass is 268 g/mol. The number of carbonyl (C=O) groups excluding carboxylic acids is 1. The van der Waals surface area contributed by atoms with Crippen LogP contribution in [0.3, 0.4) is 0 Å². The molecule has 4 N–H and O–H groups in total. The molecule has 1 unspecified atom stereocenters. The molecular weight excluding hydrogens is 247 g/mol. The zero-order valence-electron chi connectivity index (χ0n) is 11.3. The predicted molar refractivity (Wildman–Crippen MR) is 71.8 cm³/mol. The Labute approximate surface area is 112 Å². The molecule has 0 saturated heterocycles. The van der Waals surface area contributed by atoms with Gasteiger partial charge in [-0.1, -0.05) is 26.0 Å². The van der Waals surface area contributed by atoms with Crippen LogP contribution in [-0.2, 0) is 4.79 Å². The van der Waals surface area contributed by atoms with E-state index in [1.54, 1.807) is 6.07 Å². The Kier molecular flexibility index (Phi) is 5.92. The van der Waals surface area contributed by atoms with Gasteiger partial charge in [-0.05, 0) is 30.0 Å². The second-order valence-electron chi connectivity index (χ2n) is 5.05. The third-order valence-electron chi connectivity index (χ3n) is 2.77. The van der Waals surface area contributed by atoms with Gasteiger partial charge in [-0.2, -0.15) is 0 Å². The van der Waals surface area contributed by atoms with Crippen molar-refractivity contribution in [3.05, 3.63) is 35.6 Å². The van der Waals surface area contributed by atoms with Crippen LogP contribution in [0.2, 0.25) is 0 Å². The maximum Gasteiger partial charge on any atom is 0.237 e. The Hall–Kier alpha value is -1.46. The highest BCUT2D eigenvalue weighted by atomic mass is 19.1. The van der Waals surface area contributed by atoms with Gasteiger partial charge in [0.1, 0.15) is 5.82 Å². The van der Waals surface area contributed by atoms with E-state index in [0.717, 1.165) is 0 Å². The zero-order chi connectivity index (χ0) is 14.4. The Morgan fingerprint density at radius 1 is 1.47 bits per heavy atom. The van der Waals surface area contributed by atoms with Gasteiger partial charge in [-0.15, -0.1) is 0 Å². The molecule has 0 radical (unpaired) electrons. The molecule has 1 rings (SSSR count). The highest BCUT2D eigenvalue weighted by Gasteiger charge is 2.16. The molecule has 1 aromatic rings. The summed E-state index contributed by atoms with van der Waals surface area (Å²) in [5.74, 6) is -0.391. The lowest BCUT2D eigenvalue weighted by molar-refractivity contribution is -0.123. The topological polar surface area (TPSA) is 75.4 Å². The maximum atomic E-state index is 13.0. The number of rotatable bonds is 6. The van der Waals surface area contributed by atoms with Crippen molar-refractivity contribution < 1.29 is 14.3 Å². The van der Waals surface area contributed by atoms with Crippen molar-refractivity contribution in [2.24, 2.45) is 11.7 Å². The minimum atomic E-state index is -0.939. The van der Waals surface area contributed by atoms with E-state index >= 15 is 0 Å². The number of nitrogens with two attached hydrogens (primary N) is 1. The van der Waals surface area contributed by atoms with Crippen LogP contribution in [0.1, 0.15) is 31.9 Å². The molecule has 0 fully saturated rings. The average Bonchev–Trinajstić information content (AvgIpc) is 2.34. The molecule has 0 aliphatic heterocycles. The molecule has 19 heavy (non-hydrogen) atoms. The van der Waals surface area contributed by atoms with E-state index in [1.165, 1.54) is 18.2 Å². The molecule has 1 aromatic carbocycles. The summed E-state index contributed by atoms with van der Waals surface area (Å²) in [5, 5.41) is 12.4. The SMILES string of the molecule is CC(C)C[C@H](N)C(=O)NCC(O)c1cccc(F)c1. The molecule has 0 aliphatic rings. The van der Waals surface area contributed by atoms with Gasteiger partial charge in [0, 0.05) is 6.54 Å². The van der Waals surface area contributed by atoms with E-state index in [9.17, 15) is 14.3 Å². The highest BCUT2D eigenvalue weighted by molar-refractivity contribution is 5.81. The van der Waals surface area contributed by atoms with Crippen molar-refractivity contribution in [3.8, 4) is 0 Å². The van der Waals surface area contributed by atoms with E-state index in [2.05, 4.69) is 5.32 Å². The van der Waals surface area contributed by atoms with Crippen molar-refractivity contribution in [2.75, 3.05) is 6.54 Å². The van der Waals surface area contributed by atoms with Crippen molar-refractivity contribution in [3.63, 3.8) is 0 Å². The average molecular weight is 268 g/mol. The third kappa shape index (κ3) is 5.36. The van der Waals surface area contributed by atoms with E-state index in [4.69, 9.17) is 5.73 Å². The van der Waals surface area contributed by atoms with Crippen molar-refractivity contribution in [1.29, 1.82) is 0 Å². The van der Waals surface area contributed by atoms with Crippen LogP contribution < -0.4 is 11.1 Å². The number of amides is 1. The van der Waals surface area contributed by atoms with Gasteiger partial charge in [-0.25, -0.2) is 4.39 Å². The van der Waals surface area contributed by atoms with E-state index in [-0.39, 0.29) is 12.5 Å². The summed E-state index contributed by atoms with van der Waals surface area (Å²) in [6.45, 7) is 3.98. The molecule has 0 saturated carbocycles. The quantitative estimate of drug-likeness (QED) is 0.729. The van der Waals surface area contributed by atoms with Crippen LogP contribution in [0.15, 0.2) is 24.3 Å². The van der Waals surface area contributed by atoms with Gasteiger partial charge < -0.3 is 16.2 Å². The van der Waals surface area contributed by atoms with E-state index in [1.807, 2.05) is 13.8 Å². The van der Waals surface area contributed by atoms with Gasteiger partial charge in [0.05, 0.1) is 12.1 Å². The van der Waals surface area contributed by atoms with Gasteiger partial charge in [0.15, 0.2) is 0 Å². The fourth-order valence-electron chi connectivity index (χ4n) is 1.77. The van der Waals surface area contributed by atoms with Gasteiger partial charge >= 0.3 is 0 Å². The number of aliphatic hydroxyl groups is 1. The smallest absolute Gasteiger partial charge is 0.237 e. The summed E-state index contributed by atoms with van der Waals surface area (Å²) in [6.07, 6.45) is -0.354. The standard InChI is InChI=1S/C14H21FN2O2/c1-9(2)6-12(16)14(19)17-8-13(18)10-4-3-5-11(15)7-10/h3-5,7,9,12-13,18H,6,8,16H2,1-2H3,(H,17,19)/t12-,13?/m0/s1. The van der Waals surface area contributed by atoms with Crippen LogP contribution in [0, 0.1) is 11.7 Å². The molecule has 0 aromatic heterocycles. The predicted octanol–water partition coefficient (Wildman–Crippen LogP) is 1.35. The fraction of sp³-hybridized carbons (Fsp3) is 0.500. The highest BCUT2D eigenvalue weighted by Crippen LogP contribution is 2.13. The minimum Gasteiger partial charge on any atom is -0.387 e. The molecule has 5 heteroatoms. The maximum absolute atomic E-state index is 13.0. The van der Waals surface area contributed by atoms with Gasteiger partial charge in [-0.3, -0.25) is 4.79 Å². The van der Waals surface area contributed by atoms with Crippen molar-refractivity contribution in [1.82, 2.24) is 5.32 Å². The molecule has 0 aliphatic carbocycles. The Morgan fingerprint density at radius 3 is 2.74 bits per heavy atom. The number of carbonyl (C=O) groups is 1. The zero-order valence-corrected chi connectivity index (χ0v) is 11.3. The first-order valence-corrected chi connectivity index (χ1v) is 6.37. The summed E-state index contributed by atoms with van der Waals surface area (Å²) in [7, 11) is 0. The van der Waals surface area contributed by atoms with Crippen LogP contribution in [0.25, 0.3) is 0 Å². The van der Waals surface area contributed by atoms with Crippen molar-refractivity contribution >= 4 is 5.91 Å². The van der Waals surface area contributed by atoms with E-state index in [0.29, 0.717) is 17.9 Å². The second-order valence-corrected chi connectivity index (χ2v) is 5.05. The van der Waals surface area contributed by atoms with Gasteiger partial charge in [0.2, 0.25) is 5.91 Å². The molecule has 106 valence electrons. The Bertz CT molecular complexity index is 424. The molecule has 0 spiro atoms. The third-order valence-corrected chi connectivity index (χ3v) is 2.77. The van der Waals surface area contributed by atoms with E-state index < -0.39 is 18.0 Å². The van der Waals surface area contributed by atoms with Crippen LogP contribution in [0.4, 0.5) is 4.39 Å². The number of hydrogen-bond donors (Lipinski definition) is 3. The molecule has 0 bridgehead atoms. The number of aliphatic hydroxyl groups excluding tert-OH is 1.